The van der Waals surface area contributed by atoms with Gasteiger partial charge in [0, 0.05) is 19.3 Å². The Labute approximate surface area is 74.4 Å². The highest BCUT2D eigenvalue weighted by Crippen LogP contribution is 1.84. The fourth-order valence-electron chi connectivity index (χ4n) is 0.617. The molecule has 0 aromatic carbocycles. The summed E-state index contributed by atoms with van der Waals surface area (Å²) < 4.78 is 0. The van der Waals surface area contributed by atoms with E-state index < -0.39 is 5.91 Å². The molecule has 6 nitrogen and oxygen atoms in total. The Morgan fingerprint density at radius 1 is 1.23 bits per heavy atom. The smallest absolute Gasteiger partial charge is 0.274 e. The van der Waals surface area contributed by atoms with Gasteiger partial charge in [0.1, 0.15) is 0 Å². The number of hydrogen-bond acceptors (Lipinski definition) is 4. The zero-order valence-corrected chi connectivity index (χ0v) is 6.94. The van der Waals surface area contributed by atoms with Crippen LogP contribution in [0.1, 0.15) is 17.5 Å². The normalized spacial score (nSPS) is 9.00. The Balaban J connectivity index is 2.54. The summed E-state index contributed by atoms with van der Waals surface area (Å²) in [5.74, 6) is -0.892. The van der Waals surface area contributed by atoms with Crippen LogP contribution in [0.4, 0.5) is 0 Å². The van der Waals surface area contributed by atoms with Gasteiger partial charge in [-0.3, -0.25) is 20.4 Å². The van der Waals surface area contributed by atoms with E-state index in [4.69, 9.17) is 0 Å². The monoisotopic (exact) mass is 180 g/mol. The van der Waals surface area contributed by atoms with E-state index in [1.165, 1.54) is 19.3 Å². The average molecular weight is 180 g/mol. The first-order chi connectivity index (χ1) is 6.20. The SMILES string of the molecule is CC(=O)NNC(=O)c1ncccn1. The highest BCUT2D eigenvalue weighted by atomic mass is 16.2. The number of hydrogen-bond donors (Lipinski definition) is 2. The third-order valence-electron chi connectivity index (χ3n) is 1.12. The van der Waals surface area contributed by atoms with E-state index in [1.54, 1.807) is 6.07 Å². The van der Waals surface area contributed by atoms with Crippen molar-refractivity contribution in [3.63, 3.8) is 0 Å². The average Bonchev–Trinajstić information content (AvgIpc) is 2.15. The summed E-state index contributed by atoms with van der Waals surface area (Å²) in [6.07, 6.45) is 2.88. The van der Waals surface area contributed by atoms with Crippen LogP contribution < -0.4 is 10.9 Å². The van der Waals surface area contributed by atoms with Crippen molar-refractivity contribution in [3.05, 3.63) is 24.3 Å². The quantitative estimate of drug-likeness (QED) is 0.557. The van der Waals surface area contributed by atoms with E-state index in [1.807, 2.05) is 0 Å². The third-order valence-corrected chi connectivity index (χ3v) is 1.12. The highest BCUT2D eigenvalue weighted by molar-refractivity contribution is 5.91. The van der Waals surface area contributed by atoms with Crippen LogP contribution in [0.25, 0.3) is 0 Å². The molecule has 0 fully saturated rings. The topological polar surface area (TPSA) is 84.0 Å². The summed E-state index contributed by atoms with van der Waals surface area (Å²) in [5, 5.41) is 0. The lowest BCUT2D eigenvalue weighted by Gasteiger charge is -2.02. The Hall–Kier alpha value is -1.98. The molecule has 13 heavy (non-hydrogen) atoms. The number of carbonyl (C=O) groups is 2. The molecule has 0 saturated carbocycles. The molecule has 6 heteroatoms. The fourth-order valence-corrected chi connectivity index (χ4v) is 0.617. The first kappa shape index (κ1) is 9.11. The van der Waals surface area contributed by atoms with Crippen molar-refractivity contribution in [2.75, 3.05) is 0 Å². The first-order valence-electron chi connectivity index (χ1n) is 3.54. The minimum absolute atomic E-state index is 0.0104. The van der Waals surface area contributed by atoms with Crippen molar-refractivity contribution < 1.29 is 9.59 Å². The van der Waals surface area contributed by atoms with E-state index in [9.17, 15) is 9.59 Å². The largest absolute Gasteiger partial charge is 0.307 e. The third kappa shape index (κ3) is 2.86. The molecule has 68 valence electrons. The summed E-state index contributed by atoms with van der Waals surface area (Å²) in [7, 11) is 0. The Morgan fingerprint density at radius 3 is 2.38 bits per heavy atom. The van der Waals surface area contributed by atoms with Crippen LogP contribution in [0.3, 0.4) is 0 Å². The van der Waals surface area contributed by atoms with E-state index in [2.05, 4.69) is 20.8 Å². The van der Waals surface area contributed by atoms with Crippen molar-refractivity contribution in [3.8, 4) is 0 Å². The van der Waals surface area contributed by atoms with E-state index in [-0.39, 0.29) is 11.7 Å². The molecule has 0 atom stereocenters. The first-order valence-corrected chi connectivity index (χ1v) is 3.54. The molecule has 0 unspecified atom stereocenters. The maximum Gasteiger partial charge on any atom is 0.307 e. The molecule has 1 aromatic heterocycles. The molecule has 1 rings (SSSR count). The van der Waals surface area contributed by atoms with Gasteiger partial charge in [-0.25, -0.2) is 9.97 Å². The van der Waals surface area contributed by atoms with Gasteiger partial charge in [-0.2, -0.15) is 0 Å². The van der Waals surface area contributed by atoms with Crippen molar-refractivity contribution in [1.82, 2.24) is 20.8 Å². The Kier molecular flexibility index (Phi) is 2.91. The molecule has 0 bridgehead atoms. The van der Waals surface area contributed by atoms with E-state index >= 15 is 0 Å². The second kappa shape index (κ2) is 4.15. The zero-order chi connectivity index (χ0) is 9.68. The van der Waals surface area contributed by atoms with Crippen LogP contribution in [0.5, 0.6) is 0 Å². The molecule has 0 spiro atoms. The Bertz CT molecular complexity index is 312. The predicted molar refractivity (Wildman–Crippen MR) is 43.3 cm³/mol. The Morgan fingerprint density at radius 2 is 1.85 bits per heavy atom. The van der Waals surface area contributed by atoms with Crippen LogP contribution in [0, 0.1) is 0 Å². The molecule has 2 N–H and O–H groups in total. The van der Waals surface area contributed by atoms with E-state index in [0.717, 1.165) is 0 Å². The highest BCUT2D eigenvalue weighted by Gasteiger charge is 2.06. The molecule has 1 heterocycles. The number of nitrogens with one attached hydrogen (secondary N) is 2. The fraction of sp³-hybridized carbons (Fsp3) is 0.143. The molecule has 0 aliphatic rings. The number of aromatic nitrogens is 2. The van der Waals surface area contributed by atoms with Crippen molar-refractivity contribution in [2.24, 2.45) is 0 Å². The maximum atomic E-state index is 11.1. The molecular formula is C7H8N4O2. The van der Waals surface area contributed by atoms with Gasteiger partial charge in [-0.1, -0.05) is 0 Å². The second-order valence-electron chi connectivity index (χ2n) is 2.21. The number of carbonyl (C=O) groups excluding carboxylic acids is 2. The van der Waals surface area contributed by atoms with Crippen molar-refractivity contribution >= 4 is 11.8 Å². The van der Waals surface area contributed by atoms with Gasteiger partial charge in [0.2, 0.25) is 11.7 Å². The van der Waals surface area contributed by atoms with Crippen molar-refractivity contribution in [1.29, 1.82) is 0 Å². The minimum atomic E-state index is -0.546. The van der Waals surface area contributed by atoms with Crippen LogP contribution in [0.15, 0.2) is 18.5 Å². The molecule has 0 aliphatic carbocycles. The van der Waals surface area contributed by atoms with Crippen LogP contribution >= 0.6 is 0 Å². The van der Waals surface area contributed by atoms with E-state index in [0.29, 0.717) is 0 Å². The molecular weight excluding hydrogens is 172 g/mol. The number of hydrazine groups is 1. The predicted octanol–water partition coefficient (Wildman–Crippen LogP) is -0.743. The van der Waals surface area contributed by atoms with Gasteiger partial charge in [0.25, 0.3) is 0 Å². The molecule has 0 saturated heterocycles. The summed E-state index contributed by atoms with van der Waals surface area (Å²) in [6.45, 7) is 1.28. The molecule has 0 radical (unpaired) electrons. The van der Waals surface area contributed by atoms with Gasteiger partial charge < -0.3 is 0 Å². The van der Waals surface area contributed by atoms with Gasteiger partial charge >= 0.3 is 5.91 Å². The lowest BCUT2D eigenvalue weighted by molar-refractivity contribution is -0.119. The molecule has 2 amide bonds. The maximum absolute atomic E-state index is 11.1. The number of rotatable bonds is 1. The summed E-state index contributed by atoms with van der Waals surface area (Å²) in [6, 6.07) is 1.59. The van der Waals surface area contributed by atoms with Crippen LogP contribution in [0.2, 0.25) is 0 Å². The standard InChI is InChI=1S/C7H8N4O2/c1-5(12)10-11-7(13)6-8-3-2-4-9-6/h2-4H,1H3,(H,10,12)(H,11,13). The molecule has 1 aromatic rings. The second-order valence-corrected chi connectivity index (χ2v) is 2.21. The summed E-state index contributed by atoms with van der Waals surface area (Å²) >= 11 is 0. The summed E-state index contributed by atoms with van der Waals surface area (Å²) in [4.78, 5) is 28.9. The van der Waals surface area contributed by atoms with Crippen LogP contribution in [-0.4, -0.2) is 21.8 Å². The summed E-state index contributed by atoms with van der Waals surface area (Å²) in [5.41, 5.74) is 4.26. The number of amides is 2. The van der Waals surface area contributed by atoms with Crippen LogP contribution in [-0.2, 0) is 4.79 Å². The van der Waals surface area contributed by atoms with Gasteiger partial charge in [0.05, 0.1) is 0 Å². The molecule has 0 aliphatic heterocycles. The van der Waals surface area contributed by atoms with Gasteiger partial charge in [0.15, 0.2) is 0 Å². The zero-order valence-electron chi connectivity index (χ0n) is 6.94. The lowest BCUT2D eigenvalue weighted by Crippen LogP contribution is -2.40. The van der Waals surface area contributed by atoms with Gasteiger partial charge in [-0.05, 0) is 6.07 Å². The van der Waals surface area contributed by atoms with Gasteiger partial charge in [-0.15, -0.1) is 0 Å². The number of nitrogens with zero attached hydrogens (tertiary/aromatic N) is 2. The minimum Gasteiger partial charge on any atom is -0.274 e. The van der Waals surface area contributed by atoms with Crippen molar-refractivity contribution in [2.45, 2.75) is 6.92 Å². The lowest BCUT2D eigenvalue weighted by atomic mass is 10.5.